The minimum absolute atomic E-state index is 0.155. The fraction of sp³-hybridized carbons (Fsp3) is 0.292. The molecule has 2 aliphatic rings. The van der Waals surface area contributed by atoms with Crippen molar-refractivity contribution in [3.05, 3.63) is 82.4 Å². The first-order chi connectivity index (χ1) is 16.0. The summed E-state index contributed by atoms with van der Waals surface area (Å²) >= 11 is 6.06. The number of amides is 2. The highest BCUT2D eigenvalue weighted by Gasteiger charge is 2.30. The molecule has 2 amide bonds. The van der Waals surface area contributed by atoms with Crippen LogP contribution < -0.4 is 4.90 Å². The minimum Gasteiger partial charge on any atom is -0.366 e. The Kier molecular flexibility index (Phi) is 5.76. The summed E-state index contributed by atoms with van der Waals surface area (Å²) < 4.78 is 15.7. The highest BCUT2D eigenvalue weighted by Crippen LogP contribution is 2.22. The minimum atomic E-state index is -0.264. The van der Waals surface area contributed by atoms with Crippen LogP contribution in [0.5, 0.6) is 0 Å². The number of piperazine rings is 1. The standard InChI is InChI=1S/C24H23ClFN5O2/c25-18-5-3-4-17(14-18)16-30-12-13-31-22(24(30)33)15-20(27-31)23(32)29-10-8-28(9-11-29)21-7-2-1-6-19(21)26/h1-7,14-15H,8-13,16H2. The lowest BCUT2D eigenvalue weighted by molar-refractivity contribution is 0.0680. The van der Waals surface area contributed by atoms with E-state index < -0.39 is 0 Å². The van der Waals surface area contributed by atoms with Crippen LogP contribution in [0.2, 0.25) is 5.02 Å². The summed E-state index contributed by atoms with van der Waals surface area (Å²) in [5.74, 6) is -0.628. The maximum Gasteiger partial charge on any atom is 0.274 e. The highest BCUT2D eigenvalue weighted by atomic mass is 35.5. The van der Waals surface area contributed by atoms with E-state index >= 15 is 0 Å². The average molecular weight is 468 g/mol. The van der Waals surface area contributed by atoms with Gasteiger partial charge in [0.1, 0.15) is 11.5 Å². The first-order valence-electron chi connectivity index (χ1n) is 10.9. The van der Waals surface area contributed by atoms with E-state index in [1.54, 1.807) is 44.8 Å². The van der Waals surface area contributed by atoms with Gasteiger partial charge in [0.05, 0.1) is 12.2 Å². The molecule has 0 saturated carbocycles. The Hall–Kier alpha value is -3.39. The van der Waals surface area contributed by atoms with Crippen LogP contribution in [0.3, 0.4) is 0 Å². The molecule has 7 nitrogen and oxygen atoms in total. The Morgan fingerprint density at radius 2 is 1.76 bits per heavy atom. The van der Waals surface area contributed by atoms with Crippen LogP contribution >= 0.6 is 11.6 Å². The predicted octanol–water partition coefficient (Wildman–Crippen LogP) is 3.29. The van der Waals surface area contributed by atoms with Gasteiger partial charge in [0, 0.05) is 50.4 Å². The number of para-hydroxylation sites is 1. The number of hydrogen-bond donors (Lipinski definition) is 0. The molecular formula is C24H23ClFN5O2. The molecular weight excluding hydrogens is 445 g/mol. The van der Waals surface area contributed by atoms with Crippen LogP contribution in [0, 0.1) is 5.82 Å². The molecule has 2 aromatic carbocycles. The fourth-order valence-corrected chi connectivity index (χ4v) is 4.58. The number of halogens is 2. The zero-order chi connectivity index (χ0) is 22.9. The molecule has 0 spiro atoms. The smallest absolute Gasteiger partial charge is 0.274 e. The Bertz CT molecular complexity index is 1210. The van der Waals surface area contributed by atoms with Gasteiger partial charge >= 0.3 is 0 Å². The lowest BCUT2D eigenvalue weighted by Gasteiger charge is -2.35. The average Bonchev–Trinajstić information content (AvgIpc) is 3.26. The van der Waals surface area contributed by atoms with Gasteiger partial charge in [-0.05, 0) is 29.8 Å². The fourth-order valence-electron chi connectivity index (χ4n) is 4.37. The van der Waals surface area contributed by atoms with Crippen molar-refractivity contribution in [2.24, 2.45) is 0 Å². The molecule has 33 heavy (non-hydrogen) atoms. The van der Waals surface area contributed by atoms with Crippen molar-refractivity contribution in [1.82, 2.24) is 19.6 Å². The van der Waals surface area contributed by atoms with Crippen molar-refractivity contribution >= 4 is 29.1 Å². The molecule has 3 aromatic rings. The molecule has 5 rings (SSSR count). The van der Waals surface area contributed by atoms with Crippen LogP contribution in [0.1, 0.15) is 26.5 Å². The zero-order valence-electron chi connectivity index (χ0n) is 18.0. The molecule has 0 aliphatic carbocycles. The van der Waals surface area contributed by atoms with E-state index in [2.05, 4.69) is 5.10 Å². The van der Waals surface area contributed by atoms with E-state index in [9.17, 15) is 14.0 Å². The van der Waals surface area contributed by atoms with Crippen LogP contribution in [-0.4, -0.2) is 64.1 Å². The van der Waals surface area contributed by atoms with E-state index in [4.69, 9.17) is 11.6 Å². The zero-order valence-corrected chi connectivity index (χ0v) is 18.7. The van der Waals surface area contributed by atoms with Gasteiger partial charge < -0.3 is 14.7 Å². The normalized spacial score (nSPS) is 16.2. The quantitative estimate of drug-likeness (QED) is 0.590. The number of nitrogens with zero attached hydrogens (tertiary/aromatic N) is 5. The van der Waals surface area contributed by atoms with E-state index in [0.717, 1.165) is 5.56 Å². The predicted molar refractivity (Wildman–Crippen MR) is 123 cm³/mol. The summed E-state index contributed by atoms with van der Waals surface area (Å²) in [6, 6.07) is 15.7. The number of carbonyl (C=O) groups is 2. The van der Waals surface area contributed by atoms with Crippen LogP contribution in [-0.2, 0) is 13.1 Å². The number of anilines is 1. The third kappa shape index (κ3) is 4.30. The van der Waals surface area contributed by atoms with Gasteiger partial charge in [-0.2, -0.15) is 5.10 Å². The molecule has 0 atom stereocenters. The van der Waals surface area contributed by atoms with E-state index in [1.165, 1.54) is 6.07 Å². The highest BCUT2D eigenvalue weighted by molar-refractivity contribution is 6.30. The summed E-state index contributed by atoms with van der Waals surface area (Å²) in [5.41, 5.74) is 2.18. The van der Waals surface area contributed by atoms with Gasteiger partial charge in [-0.15, -0.1) is 0 Å². The van der Waals surface area contributed by atoms with Crippen LogP contribution in [0.4, 0.5) is 10.1 Å². The van der Waals surface area contributed by atoms with E-state index in [0.29, 0.717) is 62.2 Å². The lowest BCUT2D eigenvalue weighted by atomic mass is 10.2. The molecule has 1 aromatic heterocycles. The Morgan fingerprint density at radius 3 is 2.52 bits per heavy atom. The van der Waals surface area contributed by atoms with Crippen LogP contribution in [0.15, 0.2) is 54.6 Å². The second-order valence-electron chi connectivity index (χ2n) is 8.23. The Balaban J connectivity index is 1.25. The Labute approximate surface area is 195 Å². The second-order valence-corrected chi connectivity index (χ2v) is 8.66. The Morgan fingerprint density at radius 1 is 0.970 bits per heavy atom. The van der Waals surface area contributed by atoms with Crippen molar-refractivity contribution < 1.29 is 14.0 Å². The number of benzene rings is 2. The van der Waals surface area contributed by atoms with Gasteiger partial charge in [-0.1, -0.05) is 35.9 Å². The number of carbonyl (C=O) groups excluding carboxylic acids is 2. The summed E-state index contributed by atoms with van der Waals surface area (Å²) in [6.45, 7) is 3.48. The first-order valence-corrected chi connectivity index (χ1v) is 11.3. The SMILES string of the molecule is O=C(c1cc2n(n1)CCN(Cc1cccc(Cl)c1)C2=O)N1CCN(c2ccccc2F)CC1. The summed E-state index contributed by atoms with van der Waals surface area (Å²) in [6.07, 6.45) is 0. The number of rotatable bonds is 4. The molecule has 0 N–H and O–H groups in total. The topological polar surface area (TPSA) is 61.7 Å². The molecule has 3 heterocycles. The maximum atomic E-state index is 14.1. The second kappa shape index (κ2) is 8.86. The largest absolute Gasteiger partial charge is 0.366 e. The van der Waals surface area contributed by atoms with E-state index in [1.807, 2.05) is 23.1 Å². The van der Waals surface area contributed by atoms with Gasteiger partial charge in [0.25, 0.3) is 11.8 Å². The molecule has 170 valence electrons. The summed E-state index contributed by atoms with van der Waals surface area (Å²) in [7, 11) is 0. The summed E-state index contributed by atoms with van der Waals surface area (Å²) in [4.78, 5) is 31.5. The number of hydrogen-bond acceptors (Lipinski definition) is 4. The molecule has 0 bridgehead atoms. The number of fused-ring (bicyclic) bond motifs is 1. The van der Waals surface area contributed by atoms with Crippen molar-refractivity contribution in [2.75, 3.05) is 37.6 Å². The van der Waals surface area contributed by atoms with Crippen LogP contribution in [0.25, 0.3) is 0 Å². The van der Waals surface area contributed by atoms with Crippen molar-refractivity contribution in [1.29, 1.82) is 0 Å². The molecule has 0 radical (unpaired) electrons. The number of aromatic nitrogens is 2. The van der Waals surface area contributed by atoms with Crippen molar-refractivity contribution in [3.8, 4) is 0 Å². The van der Waals surface area contributed by atoms with Crippen molar-refractivity contribution in [2.45, 2.75) is 13.1 Å². The molecule has 1 fully saturated rings. The molecule has 0 unspecified atom stereocenters. The first kappa shape index (κ1) is 21.5. The van der Waals surface area contributed by atoms with Gasteiger partial charge in [-0.3, -0.25) is 14.3 Å². The third-order valence-corrected chi connectivity index (χ3v) is 6.34. The third-order valence-electron chi connectivity index (χ3n) is 6.11. The molecule has 9 heteroatoms. The van der Waals surface area contributed by atoms with Gasteiger partial charge in [0.15, 0.2) is 5.69 Å². The van der Waals surface area contributed by atoms with E-state index in [-0.39, 0.29) is 23.3 Å². The summed E-state index contributed by atoms with van der Waals surface area (Å²) in [5, 5.41) is 5.04. The molecule has 1 saturated heterocycles. The maximum absolute atomic E-state index is 14.1. The lowest BCUT2D eigenvalue weighted by Crippen LogP contribution is -2.49. The van der Waals surface area contributed by atoms with Crippen molar-refractivity contribution in [3.63, 3.8) is 0 Å². The molecule has 2 aliphatic heterocycles. The monoisotopic (exact) mass is 467 g/mol. The van der Waals surface area contributed by atoms with Gasteiger partial charge in [0.2, 0.25) is 0 Å². The van der Waals surface area contributed by atoms with Gasteiger partial charge in [-0.25, -0.2) is 4.39 Å².